The predicted molar refractivity (Wildman–Crippen MR) is 504 cm³/mol. The monoisotopic (exact) mass is 1630 g/mol. The lowest BCUT2D eigenvalue weighted by Crippen LogP contribution is -2.34. The maximum Gasteiger partial charge on any atom is 0.159 e. The zero-order valence-electron chi connectivity index (χ0n) is 72.9. The van der Waals surface area contributed by atoms with Crippen LogP contribution in [-0.4, -0.2) is 130 Å². The average molecular weight is 1640 g/mol. The van der Waals surface area contributed by atoms with E-state index in [0.717, 1.165) is 186 Å². The fraction of sp³-hybridized carbons (Fsp3) is 0.306. The van der Waals surface area contributed by atoms with Crippen molar-refractivity contribution in [3.05, 3.63) is 383 Å². The molecule has 6 saturated heterocycles. The predicted octanol–water partition coefficient (Wildman–Crippen LogP) is 23.0. The molecule has 1 saturated carbocycles. The molecule has 3 N–H and O–H groups in total. The van der Waals surface area contributed by atoms with Crippen LogP contribution in [0.2, 0.25) is 0 Å². The third-order valence-corrected chi connectivity index (χ3v) is 24.8. The second-order valence-electron chi connectivity index (χ2n) is 33.9. The van der Waals surface area contributed by atoms with Crippen molar-refractivity contribution in [1.82, 2.24) is 25.8 Å². The third kappa shape index (κ3) is 24.3. The van der Waals surface area contributed by atoms with Crippen LogP contribution in [0.3, 0.4) is 0 Å². The summed E-state index contributed by atoms with van der Waals surface area (Å²) in [5.41, 5.74) is 32.4. The first kappa shape index (κ1) is 87.9. The highest BCUT2D eigenvalue weighted by molar-refractivity contribution is 5.98. The van der Waals surface area contributed by atoms with Gasteiger partial charge in [-0.25, -0.2) is 0 Å². The van der Waals surface area contributed by atoms with Crippen molar-refractivity contribution in [2.75, 3.05) is 85.1 Å². The Kier molecular flexibility index (Phi) is 30.8. The molecule has 1 aliphatic carbocycles. The van der Waals surface area contributed by atoms with Gasteiger partial charge in [0.05, 0.1) is 12.7 Å². The van der Waals surface area contributed by atoms with Crippen LogP contribution >= 0.6 is 0 Å². The van der Waals surface area contributed by atoms with E-state index in [1.165, 1.54) is 138 Å². The molecular weight excluding hydrogens is 1520 g/mol. The molecule has 0 bridgehead atoms. The molecule has 123 heavy (non-hydrogen) atoms. The fourth-order valence-electron chi connectivity index (χ4n) is 17.5. The van der Waals surface area contributed by atoms with Crippen LogP contribution in [0.1, 0.15) is 230 Å². The molecule has 0 amide bonds. The van der Waals surface area contributed by atoms with E-state index in [2.05, 4.69) is 209 Å². The van der Waals surface area contributed by atoms with Gasteiger partial charge in [0.25, 0.3) is 0 Å². The van der Waals surface area contributed by atoms with E-state index in [1.807, 2.05) is 91.0 Å². The molecule has 12 nitrogen and oxygen atoms in total. The fourth-order valence-corrected chi connectivity index (χ4v) is 17.5. The summed E-state index contributed by atoms with van der Waals surface area (Å²) in [5.74, 6) is 2.43. The van der Waals surface area contributed by atoms with Gasteiger partial charge >= 0.3 is 0 Å². The molecule has 630 valence electrons. The number of ketones is 5. The van der Waals surface area contributed by atoms with Crippen molar-refractivity contribution in [1.29, 1.82) is 0 Å². The first-order valence-electron chi connectivity index (χ1n) is 44.5. The van der Waals surface area contributed by atoms with Gasteiger partial charge in [0.1, 0.15) is 11.3 Å². The maximum absolute atomic E-state index is 11.6. The Bertz CT molecular complexity index is 5280. The molecule has 7 heterocycles. The van der Waals surface area contributed by atoms with Crippen LogP contribution in [0.5, 0.6) is 0 Å². The topological polar surface area (TPSA) is 154 Å². The number of epoxide rings is 1. The number of nitrogens with one attached hydrogen (secondary N) is 3. The summed E-state index contributed by atoms with van der Waals surface area (Å²) in [6.45, 7) is 26.3. The van der Waals surface area contributed by atoms with Gasteiger partial charge in [0.15, 0.2) is 28.9 Å². The Morgan fingerprint density at radius 2 is 0.553 bits per heavy atom. The number of aryl methyl sites for hydroxylation is 2. The van der Waals surface area contributed by atoms with Gasteiger partial charge in [-0.05, 0) is 255 Å². The number of hydrogen-bond acceptors (Lipinski definition) is 12. The minimum Gasteiger partial charge on any atom is -0.456 e. The molecule has 18 rings (SSSR count). The summed E-state index contributed by atoms with van der Waals surface area (Å²) in [6.07, 6.45) is 14.1. The molecule has 6 aliphatic heterocycles. The van der Waals surface area contributed by atoms with E-state index >= 15 is 0 Å². The maximum atomic E-state index is 11.6. The van der Waals surface area contributed by atoms with Crippen LogP contribution in [0.4, 0.5) is 0 Å². The van der Waals surface area contributed by atoms with E-state index in [1.54, 1.807) is 40.2 Å². The smallest absolute Gasteiger partial charge is 0.159 e. The minimum absolute atomic E-state index is 0.0892. The Hall–Kier alpha value is -11.5. The summed E-state index contributed by atoms with van der Waals surface area (Å²) in [7, 11) is 0. The number of rotatable bonds is 19. The number of piperidine rings is 5. The zero-order chi connectivity index (χ0) is 85.6. The van der Waals surface area contributed by atoms with E-state index in [-0.39, 0.29) is 28.9 Å². The summed E-state index contributed by atoms with van der Waals surface area (Å²) < 4.78 is 11.5. The molecule has 11 aromatic rings. The first-order chi connectivity index (χ1) is 59.9. The molecular formula is C111H119N5O7. The van der Waals surface area contributed by atoms with Gasteiger partial charge in [-0.15, -0.1) is 0 Å². The number of furan rings is 1. The van der Waals surface area contributed by atoms with Gasteiger partial charge in [0, 0.05) is 78.0 Å². The number of para-hydroxylation sites is 1. The Morgan fingerprint density at radius 1 is 0.301 bits per heavy atom. The second-order valence-corrected chi connectivity index (χ2v) is 33.9. The van der Waals surface area contributed by atoms with Crippen molar-refractivity contribution in [3.8, 4) is 0 Å². The van der Waals surface area contributed by atoms with E-state index < -0.39 is 0 Å². The first-order valence-corrected chi connectivity index (χ1v) is 44.5. The number of likely N-dealkylation sites (tertiary alicyclic amines) is 2. The molecule has 10 aromatic carbocycles. The van der Waals surface area contributed by atoms with Crippen LogP contribution < -0.4 is 16.0 Å². The molecule has 1 aromatic heterocycles. The van der Waals surface area contributed by atoms with Crippen LogP contribution in [-0.2, 0) is 4.74 Å². The number of ether oxygens (including phenoxy) is 1. The summed E-state index contributed by atoms with van der Waals surface area (Å²) in [5, 5.41) is 11.4. The summed E-state index contributed by atoms with van der Waals surface area (Å²) in [4.78, 5) is 63.0. The van der Waals surface area contributed by atoms with Crippen molar-refractivity contribution in [3.63, 3.8) is 0 Å². The number of fused-ring (bicyclic) bond motifs is 1. The number of Topliss-reactive ketones (excluding diaryl/α,β-unsaturated/α-hetero) is 5. The second kappa shape index (κ2) is 43.1. The zero-order valence-corrected chi connectivity index (χ0v) is 72.9. The molecule has 0 spiro atoms. The summed E-state index contributed by atoms with van der Waals surface area (Å²) in [6, 6.07) is 89.3. The third-order valence-electron chi connectivity index (χ3n) is 24.8. The Morgan fingerprint density at radius 3 is 0.846 bits per heavy atom. The normalized spacial score (nSPS) is 16.5. The molecule has 7 aliphatic rings. The van der Waals surface area contributed by atoms with Crippen molar-refractivity contribution in [2.24, 2.45) is 5.92 Å². The lowest BCUT2D eigenvalue weighted by molar-refractivity contribution is 0.100. The van der Waals surface area contributed by atoms with Crippen LogP contribution in [0, 0.1) is 19.8 Å². The quantitative estimate of drug-likeness (QED) is 0.0522. The summed E-state index contributed by atoms with van der Waals surface area (Å²) >= 11 is 0. The van der Waals surface area contributed by atoms with Gasteiger partial charge in [0.2, 0.25) is 0 Å². The lowest BCUT2D eigenvalue weighted by atomic mass is 9.88. The van der Waals surface area contributed by atoms with E-state index in [0.29, 0.717) is 6.10 Å². The van der Waals surface area contributed by atoms with Crippen LogP contribution in [0.25, 0.3) is 38.8 Å². The average Bonchev–Trinajstić information content (AvgIpc) is 1.70. The van der Waals surface area contributed by atoms with Gasteiger partial charge in [-0.3, -0.25) is 24.0 Å². The highest BCUT2D eigenvalue weighted by atomic mass is 16.6. The lowest BCUT2D eigenvalue weighted by Gasteiger charge is -2.30. The largest absolute Gasteiger partial charge is 0.456 e. The standard InChI is InChI=1S/C24H27NO.C23H25NO2.C22H21NO2.2C21H23NO/c1-18(26)20-9-11-22(12-10-20)24(21-5-3-2-4-6-21)23-13-15-25(16-14-23)17-19-7-8-19;1-17(25)18-7-9-20(10-8-18)23(19-5-3-2-4-6-19)21-11-13-24(14-12-21)15-22-16-26-22;1-15(24)16-6-8-17(9-7-16)22(18-10-12-23-13-11-18)21-14-19-4-2-3-5-20(19)25-21;2*1-15-3-5-18(6-4-15)21(20-11-13-22-14-12-20)19-9-7-17(8-10-19)16(2)23/h2-6,9-12,19H,7-8,13-17H2,1H3;2-10,22H,11-16H2,1H3;2-9,14,23H,10-13H2,1H3;2*3-10,22H,11-14H2,1-2H3. The van der Waals surface area contributed by atoms with E-state index in [9.17, 15) is 24.0 Å². The number of carbonyl (C=O) groups is 5. The highest BCUT2D eigenvalue weighted by Crippen LogP contribution is 2.40. The SMILES string of the molecule is CC(=O)c1ccc(C(=C2CCN(CC3CC3)CC2)c2ccccc2)cc1.CC(=O)c1ccc(C(=C2CCN(CC3CO3)CC2)c2ccccc2)cc1.CC(=O)c1ccc(C(=C2CCNCC2)c2cc3ccccc3o2)cc1.CC(=O)c1ccc(C(=C2CCNCC2)c2ccc(C)cc2)cc1.CC(=O)c1ccc(C(=C2CCNCC2)c2ccc(C)cc2)cc1. The molecule has 0 radical (unpaired) electrons. The number of nitrogens with zero attached hydrogens (tertiary/aromatic N) is 2. The number of hydrogen-bond donors (Lipinski definition) is 3. The van der Waals surface area contributed by atoms with Crippen molar-refractivity contribution < 1.29 is 33.1 Å². The molecule has 7 fully saturated rings. The highest BCUT2D eigenvalue weighted by Gasteiger charge is 2.30. The number of carbonyl (C=O) groups excluding carboxylic acids is 5. The van der Waals surface area contributed by atoms with Gasteiger partial charge in [-0.2, -0.15) is 0 Å². The van der Waals surface area contributed by atoms with Crippen molar-refractivity contribution in [2.45, 2.75) is 132 Å². The molecule has 12 heteroatoms. The Labute approximate surface area is 728 Å². The van der Waals surface area contributed by atoms with Crippen LogP contribution in [0.15, 0.2) is 293 Å². The van der Waals surface area contributed by atoms with Gasteiger partial charge in [-0.1, -0.05) is 288 Å². The van der Waals surface area contributed by atoms with E-state index in [4.69, 9.17) is 9.15 Å². The Balaban J connectivity index is 0.000000125. The minimum atomic E-state index is 0.0892. The van der Waals surface area contributed by atoms with Gasteiger partial charge < -0.3 is 34.9 Å². The molecule has 1 unspecified atom stereocenters. The van der Waals surface area contributed by atoms with Crippen molar-refractivity contribution >= 4 is 67.8 Å². The molecule has 1 atom stereocenters. The number of benzene rings is 10.